The zero-order valence-electron chi connectivity index (χ0n) is 24.4. The van der Waals surface area contributed by atoms with E-state index in [0.717, 1.165) is 12.7 Å². The summed E-state index contributed by atoms with van der Waals surface area (Å²) in [6.45, 7) is 3.05. The number of nitrogens with two attached hydrogens (primary N) is 2. The van der Waals surface area contributed by atoms with Gasteiger partial charge in [0.2, 0.25) is 17.7 Å². The highest BCUT2D eigenvalue weighted by molar-refractivity contribution is 5.94. The Morgan fingerprint density at radius 3 is 2.33 bits per heavy atom. The zero-order chi connectivity index (χ0) is 32.4. The Hall–Kier alpha value is -4.80. The van der Waals surface area contributed by atoms with E-state index < -0.39 is 71.7 Å². The van der Waals surface area contributed by atoms with Gasteiger partial charge in [0, 0.05) is 6.54 Å². The standard InChI is InChI=1S/C26H40N8O9/c1-4-16(2)22(25(39)30-14-21(36)42-3)32-24(38)19(11-8-12-29-26(28)33-34(40)41)31-23(37)18(27)13-20(35)43-15-17-9-6-5-7-10-17/h5-7,9-10,16,18-19,22H,4,8,11-15,27H2,1-3H3,(H,30,39)(H,31,37)(H,32,38)(H3,28,29,33)/t16-,18-,19-,22-/m0/s1. The average Bonchev–Trinajstić information content (AvgIpc) is 2.98. The van der Waals surface area contributed by atoms with Crippen molar-refractivity contribution >= 4 is 35.6 Å². The van der Waals surface area contributed by atoms with Crippen LogP contribution in [0.2, 0.25) is 0 Å². The number of nitrogens with zero attached hydrogens (tertiary/aromatic N) is 2. The number of hydrazine groups is 1. The molecule has 8 N–H and O–H groups in total. The van der Waals surface area contributed by atoms with Crippen LogP contribution in [0.15, 0.2) is 35.3 Å². The van der Waals surface area contributed by atoms with Crippen molar-refractivity contribution in [3.63, 3.8) is 0 Å². The first-order valence-corrected chi connectivity index (χ1v) is 13.5. The van der Waals surface area contributed by atoms with Crippen molar-refractivity contribution in [3.8, 4) is 0 Å². The number of hydrogen-bond donors (Lipinski definition) is 6. The number of hydrogen-bond acceptors (Lipinski definition) is 11. The molecule has 238 valence electrons. The molecule has 17 heteroatoms. The van der Waals surface area contributed by atoms with Gasteiger partial charge in [0.1, 0.15) is 25.2 Å². The second-order valence-corrected chi connectivity index (χ2v) is 9.46. The van der Waals surface area contributed by atoms with Gasteiger partial charge in [0.15, 0.2) is 5.03 Å². The van der Waals surface area contributed by atoms with Gasteiger partial charge in [-0.3, -0.25) is 24.0 Å². The molecule has 0 fully saturated rings. The number of ether oxygens (including phenoxy) is 2. The number of amides is 3. The summed E-state index contributed by atoms with van der Waals surface area (Å²) >= 11 is 0. The number of nitro groups is 1. The summed E-state index contributed by atoms with van der Waals surface area (Å²) in [5, 5.41) is 17.1. The fourth-order valence-electron chi connectivity index (χ4n) is 3.54. The quantitative estimate of drug-likeness (QED) is 0.0282. The van der Waals surface area contributed by atoms with Gasteiger partial charge in [-0.05, 0) is 24.3 Å². The summed E-state index contributed by atoms with van der Waals surface area (Å²) in [7, 11) is 1.16. The van der Waals surface area contributed by atoms with Crippen LogP contribution >= 0.6 is 0 Å². The van der Waals surface area contributed by atoms with Crippen molar-refractivity contribution in [1.29, 1.82) is 0 Å². The largest absolute Gasteiger partial charge is 0.468 e. The number of carbonyl (C=O) groups excluding carboxylic acids is 5. The lowest BCUT2D eigenvalue weighted by molar-refractivity contribution is -0.525. The van der Waals surface area contributed by atoms with Crippen LogP contribution in [0, 0.1) is 16.0 Å². The predicted molar refractivity (Wildman–Crippen MR) is 153 cm³/mol. The van der Waals surface area contributed by atoms with Gasteiger partial charge < -0.3 is 36.9 Å². The Balaban J connectivity index is 2.94. The molecular formula is C26H40N8O9. The molecule has 0 spiro atoms. The number of carbonyl (C=O) groups is 5. The molecule has 0 bridgehead atoms. The van der Waals surface area contributed by atoms with E-state index in [9.17, 15) is 34.1 Å². The molecule has 0 saturated carbocycles. The monoisotopic (exact) mass is 608 g/mol. The van der Waals surface area contributed by atoms with E-state index >= 15 is 0 Å². The van der Waals surface area contributed by atoms with Crippen LogP contribution in [0.5, 0.6) is 0 Å². The maximum Gasteiger partial charge on any atom is 0.325 e. The lowest BCUT2D eigenvalue weighted by Gasteiger charge is -2.27. The third-order valence-corrected chi connectivity index (χ3v) is 6.17. The molecule has 43 heavy (non-hydrogen) atoms. The van der Waals surface area contributed by atoms with Crippen LogP contribution < -0.4 is 32.8 Å². The van der Waals surface area contributed by atoms with Crippen molar-refractivity contribution < 1.29 is 38.5 Å². The van der Waals surface area contributed by atoms with Crippen molar-refractivity contribution in [3.05, 3.63) is 46.0 Å². The molecular weight excluding hydrogens is 568 g/mol. The predicted octanol–water partition coefficient (Wildman–Crippen LogP) is -1.37. The Bertz CT molecular complexity index is 1130. The highest BCUT2D eigenvalue weighted by Gasteiger charge is 2.31. The Morgan fingerprint density at radius 2 is 1.72 bits per heavy atom. The Morgan fingerprint density at radius 1 is 1.05 bits per heavy atom. The Labute approximate surface area is 248 Å². The minimum absolute atomic E-state index is 0.0109. The van der Waals surface area contributed by atoms with Crippen LogP contribution in [0.25, 0.3) is 0 Å². The number of guanidine groups is 1. The number of rotatable bonds is 18. The van der Waals surface area contributed by atoms with Crippen LogP contribution in [0.3, 0.4) is 0 Å². The fraction of sp³-hybridized carbons (Fsp3) is 0.538. The maximum absolute atomic E-state index is 13.3. The van der Waals surface area contributed by atoms with Crippen molar-refractivity contribution in [1.82, 2.24) is 21.4 Å². The van der Waals surface area contributed by atoms with Gasteiger partial charge in [-0.15, -0.1) is 0 Å². The Kier molecular flexibility index (Phi) is 16.3. The van der Waals surface area contributed by atoms with E-state index in [0.29, 0.717) is 6.42 Å². The van der Waals surface area contributed by atoms with Gasteiger partial charge >= 0.3 is 11.9 Å². The fourth-order valence-corrected chi connectivity index (χ4v) is 3.54. The van der Waals surface area contributed by atoms with E-state index in [1.54, 1.807) is 43.5 Å². The molecule has 1 rings (SSSR count). The lowest BCUT2D eigenvalue weighted by Crippen LogP contribution is -2.57. The highest BCUT2D eigenvalue weighted by atomic mass is 16.7. The second-order valence-electron chi connectivity index (χ2n) is 9.46. The normalized spacial score (nSPS) is 13.8. The van der Waals surface area contributed by atoms with Gasteiger partial charge in [0.25, 0.3) is 5.96 Å². The third kappa shape index (κ3) is 14.6. The zero-order valence-corrected chi connectivity index (χ0v) is 24.4. The molecule has 0 aromatic heterocycles. The van der Waals surface area contributed by atoms with E-state index in [1.165, 1.54) is 0 Å². The SMILES string of the molecule is CC[C@H](C)[C@H](NC(=O)[C@H](CCCN=C(N)N[N+](=O)[O-])NC(=O)[C@@H](N)CC(=O)OCc1ccccc1)C(=O)NCC(=O)OC. The number of methoxy groups -OCH3 is 1. The van der Waals surface area contributed by atoms with Crippen molar-refractivity contribution in [2.45, 2.75) is 64.3 Å². The summed E-state index contributed by atoms with van der Waals surface area (Å²) in [5.74, 6) is -4.44. The molecule has 0 aliphatic heterocycles. The minimum Gasteiger partial charge on any atom is -0.468 e. The first-order valence-electron chi connectivity index (χ1n) is 13.5. The van der Waals surface area contributed by atoms with Crippen molar-refractivity contribution in [2.75, 3.05) is 20.2 Å². The van der Waals surface area contributed by atoms with Gasteiger partial charge in [0.05, 0.1) is 19.6 Å². The molecule has 4 atom stereocenters. The van der Waals surface area contributed by atoms with Crippen molar-refractivity contribution in [2.24, 2.45) is 22.4 Å². The molecule has 17 nitrogen and oxygen atoms in total. The number of nitrogens with one attached hydrogen (secondary N) is 4. The summed E-state index contributed by atoms with van der Waals surface area (Å²) in [6.07, 6.45) is 0.122. The van der Waals surface area contributed by atoms with Gasteiger partial charge in [-0.25, -0.2) is 15.1 Å². The highest BCUT2D eigenvalue weighted by Crippen LogP contribution is 2.10. The van der Waals surface area contributed by atoms with Crippen LogP contribution in [0.4, 0.5) is 0 Å². The molecule has 0 unspecified atom stereocenters. The summed E-state index contributed by atoms with van der Waals surface area (Å²) in [5.41, 5.74) is 13.7. The van der Waals surface area contributed by atoms with E-state index in [-0.39, 0.29) is 31.9 Å². The summed E-state index contributed by atoms with van der Waals surface area (Å²) in [4.78, 5) is 76.9. The van der Waals surface area contributed by atoms with Gasteiger partial charge in [-0.2, -0.15) is 0 Å². The van der Waals surface area contributed by atoms with Crippen LogP contribution in [-0.4, -0.2) is 79.0 Å². The van der Waals surface area contributed by atoms with E-state index in [4.69, 9.17) is 16.2 Å². The molecule has 0 aliphatic rings. The summed E-state index contributed by atoms with van der Waals surface area (Å²) in [6, 6.07) is 5.22. The number of aliphatic imine (C=N–C) groups is 1. The van der Waals surface area contributed by atoms with E-state index in [2.05, 4.69) is 25.7 Å². The molecule has 0 aliphatic carbocycles. The molecule has 0 heterocycles. The smallest absolute Gasteiger partial charge is 0.325 e. The topological polar surface area (TPSA) is 259 Å². The molecule has 0 radical (unpaired) electrons. The molecule has 3 amide bonds. The van der Waals surface area contributed by atoms with E-state index in [1.807, 2.05) is 6.07 Å². The molecule has 1 aromatic rings. The minimum atomic E-state index is -1.36. The first-order chi connectivity index (χ1) is 20.4. The van der Waals surface area contributed by atoms with Crippen LogP contribution in [-0.2, 0) is 40.1 Å². The third-order valence-electron chi connectivity index (χ3n) is 6.17. The molecule has 1 aromatic carbocycles. The second kappa shape index (κ2) is 19.3. The number of benzene rings is 1. The van der Waals surface area contributed by atoms with Crippen LogP contribution in [0.1, 0.15) is 45.1 Å². The van der Waals surface area contributed by atoms with Gasteiger partial charge in [-0.1, -0.05) is 56.0 Å². The maximum atomic E-state index is 13.3. The number of esters is 2. The molecule has 0 saturated heterocycles. The summed E-state index contributed by atoms with van der Waals surface area (Å²) < 4.78 is 9.68. The lowest BCUT2D eigenvalue weighted by atomic mass is 9.97. The first kappa shape index (κ1) is 36.2. The average molecular weight is 609 g/mol.